The second kappa shape index (κ2) is 3.74. The SMILES string of the molecule is COc1ccc(OC)c2c1[CH]C=CC2. The van der Waals surface area contributed by atoms with Gasteiger partial charge in [0.15, 0.2) is 0 Å². The molecule has 1 aromatic carbocycles. The third-order valence-corrected chi connectivity index (χ3v) is 2.43. The smallest absolute Gasteiger partial charge is 0.123 e. The molecule has 1 aliphatic rings. The first-order valence-electron chi connectivity index (χ1n) is 4.60. The number of hydrogen-bond acceptors (Lipinski definition) is 2. The summed E-state index contributed by atoms with van der Waals surface area (Å²) < 4.78 is 10.6. The van der Waals surface area contributed by atoms with E-state index in [9.17, 15) is 0 Å². The number of methoxy groups -OCH3 is 2. The van der Waals surface area contributed by atoms with Gasteiger partial charge in [-0.25, -0.2) is 0 Å². The minimum Gasteiger partial charge on any atom is -0.496 e. The number of benzene rings is 1. The second-order valence-corrected chi connectivity index (χ2v) is 3.16. The van der Waals surface area contributed by atoms with Gasteiger partial charge in [-0.1, -0.05) is 12.2 Å². The largest absolute Gasteiger partial charge is 0.496 e. The average Bonchev–Trinajstić information content (AvgIpc) is 2.27. The molecule has 1 aliphatic carbocycles. The van der Waals surface area contributed by atoms with Crippen LogP contribution >= 0.6 is 0 Å². The van der Waals surface area contributed by atoms with Crippen LogP contribution in [0.15, 0.2) is 24.3 Å². The highest BCUT2D eigenvalue weighted by molar-refractivity contribution is 5.56. The van der Waals surface area contributed by atoms with E-state index in [0.29, 0.717) is 0 Å². The lowest BCUT2D eigenvalue weighted by Crippen LogP contribution is -2.02. The predicted octanol–water partition coefficient (Wildman–Crippen LogP) is 2.37. The zero-order valence-electron chi connectivity index (χ0n) is 8.41. The predicted molar refractivity (Wildman–Crippen MR) is 55.8 cm³/mol. The molecule has 0 heterocycles. The van der Waals surface area contributed by atoms with Crippen molar-refractivity contribution in [1.29, 1.82) is 0 Å². The van der Waals surface area contributed by atoms with Crippen molar-refractivity contribution in [2.45, 2.75) is 6.42 Å². The Hall–Kier alpha value is -1.44. The van der Waals surface area contributed by atoms with Crippen LogP contribution in [0, 0.1) is 6.42 Å². The monoisotopic (exact) mass is 189 g/mol. The quantitative estimate of drug-likeness (QED) is 0.711. The molecular weight excluding hydrogens is 176 g/mol. The molecule has 0 aliphatic heterocycles. The van der Waals surface area contributed by atoms with E-state index in [1.54, 1.807) is 14.2 Å². The summed E-state index contributed by atoms with van der Waals surface area (Å²) in [6, 6.07) is 3.89. The fourth-order valence-corrected chi connectivity index (χ4v) is 1.74. The Balaban J connectivity index is 2.53. The van der Waals surface area contributed by atoms with Crippen molar-refractivity contribution in [1.82, 2.24) is 0 Å². The molecule has 0 aromatic heterocycles. The maximum absolute atomic E-state index is 5.30. The average molecular weight is 189 g/mol. The summed E-state index contributed by atoms with van der Waals surface area (Å²) >= 11 is 0. The van der Waals surface area contributed by atoms with Gasteiger partial charge in [-0.3, -0.25) is 0 Å². The van der Waals surface area contributed by atoms with E-state index in [4.69, 9.17) is 9.47 Å². The molecule has 0 unspecified atom stereocenters. The molecular formula is C12H13O2. The first-order valence-corrected chi connectivity index (χ1v) is 4.60. The van der Waals surface area contributed by atoms with Crippen LogP contribution in [-0.4, -0.2) is 14.2 Å². The summed E-state index contributed by atoms with van der Waals surface area (Å²) in [6.07, 6.45) is 7.13. The van der Waals surface area contributed by atoms with Gasteiger partial charge in [0.2, 0.25) is 0 Å². The molecule has 0 spiro atoms. The Morgan fingerprint density at radius 3 is 2.50 bits per heavy atom. The maximum atomic E-state index is 5.30. The Kier molecular flexibility index (Phi) is 2.44. The van der Waals surface area contributed by atoms with Crippen molar-refractivity contribution >= 4 is 0 Å². The van der Waals surface area contributed by atoms with E-state index in [2.05, 4.69) is 12.5 Å². The lowest BCUT2D eigenvalue weighted by molar-refractivity contribution is 0.397. The molecule has 0 N–H and O–H groups in total. The summed E-state index contributed by atoms with van der Waals surface area (Å²) in [5, 5.41) is 0. The molecule has 0 atom stereocenters. The van der Waals surface area contributed by atoms with Crippen molar-refractivity contribution in [2.75, 3.05) is 14.2 Å². The molecule has 14 heavy (non-hydrogen) atoms. The van der Waals surface area contributed by atoms with Gasteiger partial charge in [0, 0.05) is 17.5 Å². The fourth-order valence-electron chi connectivity index (χ4n) is 1.74. The molecule has 2 nitrogen and oxygen atoms in total. The van der Waals surface area contributed by atoms with Crippen LogP contribution in [0.5, 0.6) is 11.5 Å². The molecule has 0 saturated heterocycles. The zero-order valence-corrected chi connectivity index (χ0v) is 8.41. The Morgan fingerprint density at radius 1 is 1.07 bits per heavy atom. The van der Waals surface area contributed by atoms with Gasteiger partial charge < -0.3 is 9.47 Å². The molecule has 0 fully saturated rings. The summed E-state index contributed by atoms with van der Waals surface area (Å²) in [7, 11) is 3.38. The highest BCUT2D eigenvalue weighted by Crippen LogP contribution is 2.34. The van der Waals surface area contributed by atoms with Crippen LogP contribution in [-0.2, 0) is 6.42 Å². The second-order valence-electron chi connectivity index (χ2n) is 3.16. The standard InChI is InChI=1S/C12H13O2/c1-13-11-7-8-12(14-2)10-6-4-3-5-9(10)11/h3-5,7-8H,6H2,1-2H3. The summed E-state index contributed by atoms with van der Waals surface area (Å²) in [4.78, 5) is 0. The summed E-state index contributed by atoms with van der Waals surface area (Å²) in [5.41, 5.74) is 2.34. The number of allylic oxidation sites excluding steroid dienone is 2. The van der Waals surface area contributed by atoms with Gasteiger partial charge in [-0.15, -0.1) is 0 Å². The van der Waals surface area contributed by atoms with Gasteiger partial charge in [-0.2, -0.15) is 0 Å². The summed E-state index contributed by atoms with van der Waals surface area (Å²) in [6.45, 7) is 0. The lowest BCUT2D eigenvalue weighted by Gasteiger charge is -2.17. The molecule has 73 valence electrons. The van der Waals surface area contributed by atoms with E-state index < -0.39 is 0 Å². The molecule has 1 radical (unpaired) electrons. The highest BCUT2D eigenvalue weighted by Gasteiger charge is 2.15. The van der Waals surface area contributed by atoms with E-state index in [-0.39, 0.29) is 0 Å². The number of hydrogen-bond donors (Lipinski definition) is 0. The van der Waals surface area contributed by atoms with Crippen LogP contribution in [0.2, 0.25) is 0 Å². The van der Waals surface area contributed by atoms with Crippen LogP contribution in [0.1, 0.15) is 11.1 Å². The first-order chi connectivity index (χ1) is 6.86. The van der Waals surface area contributed by atoms with E-state index >= 15 is 0 Å². The third kappa shape index (κ3) is 1.37. The van der Waals surface area contributed by atoms with E-state index in [0.717, 1.165) is 23.5 Å². The van der Waals surface area contributed by atoms with Crippen LogP contribution in [0.25, 0.3) is 0 Å². The Labute approximate surface area is 84.2 Å². The van der Waals surface area contributed by atoms with E-state index in [1.807, 2.05) is 18.2 Å². The van der Waals surface area contributed by atoms with Crippen LogP contribution in [0.3, 0.4) is 0 Å². The maximum Gasteiger partial charge on any atom is 0.123 e. The number of rotatable bonds is 2. The molecule has 0 saturated carbocycles. The topological polar surface area (TPSA) is 18.5 Å². The zero-order chi connectivity index (χ0) is 9.97. The highest BCUT2D eigenvalue weighted by atomic mass is 16.5. The van der Waals surface area contributed by atoms with Crippen LogP contribution < -0.4 is 9.47 Å². The minimum absolute atomic E-state index is 0.908. The van der Waals surface area contributed by atoms with Crippen molar-refractivity contribution in [3.05, 3.63) is 41.8 Å². The Bertz CT molecular complexity index is 332. The molecule has 1 aromatic rings. The fraction of sp³-hybridized carbons (Fsp3) is 0.250. The number of ether oxygens (including phenoxy) is 2. The molecule has 2 rings (SSSR count). The van der Waals surface area contributed by atoms with Crippen molar-refractivity contribution in [3.8, 4) is 11.5 Å². The minimum atomic E-state index is 0.908. The van der Waals surface area contributed by atoms with Crippen molar-refractivity contribution in [3.63, 3.8) is 0 Å². The molecule has 0 amide bonds. The Morgan fingerprint density at radius 2 is 1.79 bits per heavy atom. The van der Waals surface area contributed by atoms with Gasteiger partial charge >= 0.3 is 0 Å². The van der Waals surface area contributed by atoms with Crippen molar-refractivity contribution < 1.29 is 9.47 Å². The van der Waals surface area contributed by atoms with Gasteiger partial charge in [0.1, 0.15) is 11.5 Å². The van der Waals surface area contributed by atoms with Crippen LogP contribution in [0.4, 0.5) is 0 Å². The van der Waals surface area contributed by atoms with Gasteiger partial charge in [-0.05, 0) is 18.6 Å². The molecule has 2 heteroatoms. The van der Waals surface area contributed by atoms with E-state index in [1.165, 1.54) is 5.56 Å². The van der Waals surface area contributed by atoms with Gasteiger partial charge in [0.05, 0.1) is 14.2 Å². The normalized spacial score (nSPS) is 13.6. The third-order valence-electron chi connectivity index (χ3n) is 2.43. The van der Waals surface area contributed by atoms with Crippen molar-refractivity contribution in [2.24, 2.45) is 0 Å². The first kappa shape index (κ1) is 9.13. The number of fused-ring (bicyclic) bond motifs is 1. The molecule has 0 bridgehead atoms. The lowest BCUT2D eigenvalue weighted by atomic mass is 9.95. The van der Waals surface area contributed by atoms with Gasteiger partial charge in [0.25, 0.3) is 0 Å². The summed E-state index contributed by atoms with van der Waals surface area (Å²) in [5.74, 6) is 1.84.